The van der Waals surface area contributed by atoms with Crippen LogP contribution in [0.2, 0.25) is 5.02 Å². The van der Waals surface area contributed by atoms with Gasteiger partial charge in [0.05, 0.1) is 10.7 Å². The SMILES string of the molecule is CC(=O)SCC1CC(=O)N(c2c(F)cccc2Cl)C1. The lowest BCUT2D eigenvalue weighted by molar-refractivity contribution is -0.117. The van der Waals surface area contributed by atoms with Crippen LogP contribution in [0.15, 0.2) is 18.2 Å². The molecule has 3 nitrogen and oxygen atoms in total. The summed E-state index contributed by atoms with van der Waals surface area (Å²) in [5.74, 6) is -0.0251. The average Bonchev–Trinajstić information content (AvgIpc) is 2.68. The smallest absolute Gasteiger partial charge is 0.227 e. The zero-order chi connectivity index (χ0) is 14.0. The Labute approximate surface area is 120 Å². The van der Waals surface area contributed by atoms with E-state index in [0.717, 1.165) is 0 Å². The lowest BCUT2D eigenvalue weighted by atomic mass is 10.1. The summed E-state index contributed by atoms with van der Waals surface area (Å²) < 4.78 is 13.8. The molecule has 1 heterocycles. The molecule has 6 heteroatoms. The standard InChI is InChI=1S/C13H13ClFNO2S/c1-8(17)19-7-9-5-12(18)16(6-9)13-10(14)3-2-4-11(13)15/h2-4,9H,5-7H2,1H3. The second kappa shape index (κ2) is 5.92. The minimum absolute atomic E-state index is 0.0230. The molecule has 1 saturated heterocycles. The molecule has 19 heavy (non-hydrogen) atoms. The van der Waals surface area contributed by atoms with Gasteiger partial charge in [0, 0.05) is 25.6 Å². The number of benzene rings is 1. The molecule has 0 radical (unpaired) electrons. The highest BCUT2D eigenvalue weighted by Crippen LogP contribution is 2.34. The molecule has 1 aliphatic heterocycles. The fourth-order valence-electron chi connectivity index (χ4n) is 2.09. The van der Waals surface area contributed by atoms with Crippen LogP contribution in [-0.2, 0) is 9.59 Å². The number of para-hydroxylation sites is 1. The first-order valence-corrected chi connectivity index (χ1v) is 7.23. The molecule has 0 spiro atoms. The molecule has 0 saturated carbocycles. The number of hydrogen-bond acceptors (Lipinski definition) is 3. The van der Waals surface area contributed by atoms with Crippen LogP contribution >= 0.6 is 23.4 Å². The Morgan fingerprint density at radius 3 is 2.95 bits per heavy atom. The molecule has 1 aromatic rings. The van der Waals surface area contributed by atoms with Gasteiger partial charge in [-0.25, -0.2) is 4.39 Å². The molecule has 102 valence electrons. The predicted molar refractivity (Wildman–Crippen MR) is 75.0 cm³/mol. The summed E-state index contributed by atoms with van der Waals surface area (Å²) in [4.78, 5) is 24.2. The quantitative estimate of drug-likeness (QED) is 0.861. The zero-order valence-corrected chi connectivity index (χ0v) is 11.9. The van der Waals surface area contributed by atoms with Crippen molar-refractivity contribution in [3.05, 3.63) is 29.0 Å². The Hall–Kier alpha value is -1.07. The molecular weight excluding hydrogens is 289 g/mol. The Morgan fingerprint density at radius 2 is 2.32 bits per heavy atom. The van der Waals surface area contributed by atoms with E-state index in [2.05, 4.69) is 0 Å². The van der Waals surface area contributed by atoms with Gasteiger partial charge >= 0.3 is 0 Å². The third-order valence-corrected chi connectivity index (χ3v) is 4.28. The van der Waals surface area contributed by atoms with Gasteiger partial charge in [-0.1, -0.05) is 29.4 Å². The van der Waals surface area contributed by atoms with Crippen molar-refractivity contribution in [1.29, 1.82) is 0 Å². The Balaban J connectivity index is 2.14. The summed E-state index contributed by atoms with van der Waals surface area (Å²) in [6.07, 6.45) is 0.324. The summed E-state index contributed by atoms with van der Waals surface area (Å²) in [5.41, 5.74) is 0.143. The van der Waals surface area contributed by atoms with Crippen LogP contribution in [0.4, 0.5) is 10.1 Å². The Morgan fingerprint density at radius 1 is 1.58 bits per heavy atom. The molecule has 1 aliphatic rings. The second-order valence-corrected chi connectivity index (χ2v) is 6.05. The van der Waals surface area contributed by atoms with E-state index in [1.54, 1.807) is 6.07 Å². The molecule has 1 fully saturated rings. The van der Waals surface area contributed by atoms with Crippen molar-refractivity contribution in [2.75, 3.05) is 17.2 Å². The maximum atomic E-state index is 13.8. The van der Waals surface area contributed by atoms with E-state index in [0.29, 0.717) is 18.7 Å². The summed E-state index contributed by atoms with van der Waals surface area (Å²) in [7, 11) is 0. The van der Waals surface area contributed by atoms with Crippen molar-refractivity contribution < 1.29 is 14.0 Å². The van der Waals surface area contributed by atoms with Crippen molar-refractivity contribution in [2.24, 2.45) is 5.92 Å². The largest absolute Gasteiger partial charge is 0.308 e. The topological polar surface area (TPSA) is 37.4 Å². The van der Waals surface area contributed by atoms with Crippen molar-refractivity contribution in [2.45, 2.75) is 13.3 Å². The lowest BCUT2D eigenvalue weighted by Crippen LogP contribution is -2.26. The van der Waals surface area contributed by atoms with Gasteiger partial charge in [0.15, 0.2) is 5.12 Å². The van der Waals surface area contributed by atoms with E-state index < -0.39 is 5.82 Å². The summed E-state index contributed by atoms with van der Waals surface area (Å²) >= 11 is 7.15. The maximum absolute atomic E-state index is 13.8. The number of hydrogen-bond donors (Lipinski definition) is 0. The predicted octanol–water partition coefficient (Wildman–Crippen LogP) is 3.11. The summed E-state index contributed by atoms with van der Waals surface area (Å²) in [6.45, 7) is 1.90. The van der Waals surface area contributed by atoms with Crippen molar-refractivity contribution >= 4 is 40.1 Å². The first-order valence-electron chi connectivity index (χ1n) is 5.86. The van der Waals surface area contributed by atoms with Gasteiger partial charge in [-0.3, -0.25) is 9.59 Å². The Bertz CT molecular complexity index is 503. The van der Waals surface area contributed by atoms with E-state index in [1.807, 2.05) is 0 Å². The highest BCUT2D eigenvalue weighted by molar-refractivity contribution is 8.13. The van der Waals surface area contributed by atoms with Crippen molar-refractivity contribution in [3.63, 3.8) is 0 Å². The van der Waals surface area contributed by atoms with Gasteiger partial charge in [0.25, 0.3) is 0 Å². The van der Waals surface area contributed by atoms with E-state index in [4.69, 9.17) is 11.6 Å². The number of amides is 1. The van der Waals surface area contributed by atoms with Crippen LogP contribution in [0.25, 0.3) is 0 Å². The van der Waals surface area contributed by atoms with Crippen LogP contribution in [0.1, 0.15) is 13.3 Å². The molecule has 1 amide bonds. The van der Waals surface area contributed by atoms with Crippen LogP contribution in [0, 0.1) is 11.7 Å². The van der Waals surface area contributed by atoms with Crippen LogP contribution in [0.5, 0.6) is 0 Å². The van der Waals surface area contributed by atoms with Crippen LogP contribution in [0.3, 0.4) is 0 Å². The molecule has 1 atom stereocenters. The summed E-state index contributed by atoms with van der Waals surface area (Å²) in [6, 6.07) is 4.35. The van der Waals surface area contributed by atoms with Crippen LogP contribution in [-0.4, -0.2) is 23.3 Å². The van der Waals surface area contributed by atoms with Gasteiger partial charge in [-0.05, 0) is 18.1 Å². The molecule has 0 aliphatic carbocycles. The maximum Gasteiger partial charge on any atom is 0.227 e. The second-order valence-electron chi connectivity index (χ2n) is 4.45. The minimum Gasteiger partial charge on any atom is -0.308 e. The van der Waals surface area contributed by atoms with Gasteiger partial charge in [-0.15, -0.1) is 0 Å². The molecule has 0 bridgehead atoms. The number of carbonyl (C=O) groups excluding carboxylic acids is 2. The Kier molecular flexibility index (Phi) is 4.47. The van der Waals surface area contributed by atoms with E-state index in [1.165, 1.54) is 35.7 Å². The molecule has 1 aromatic carbocycles. The van der Waals surface area contributed by atoms with Gasteiger partial charge in [0.2, 0.25) is 5.91 Å². The fourth-order valence-corrected chi connectivity index (χ4v) is 3.05. The number of thioether (sulfide) groups is 1. The number of anilines is 1. The number of halogens is 2. The van der Waals surface area contributed by atoms with Crippen molar-refractivity contribution in [1.82, 2.24) is 0 Å². The fraction of sp³-hybridized carbons (Fsp3) is 0.385. The highest BCUT2D eigenvalue weighted by Gasteiger charge is 2.33. The molecule has 1 unspecified atom stereocenters. The number of rotatable bonds is 3. The molecular formula is C13H13ClFNO2S. The number of nitrogens with zero attached hydrogens (tertiary/aromatic N) is 1. The third kappa shape index (κ3) is 3.28. The zero-order valence-electron chi connectivity index (χ0n) is 10.4. The van der Waals surface area contributed by atoms with E-state index in [-0.39, 0.29) is 27.7 Å². The summed E-state index contributed by atoms with van der Waals surface area (Å²) in [5, 5.41) is 0.253. The first-order chi connectivity index (χ1) is 8.99. The molecule has 0 N–H and O–H groups in total. The van der Waals surface area contributed by atoms with Crippen molar-refractivity contribution in [3.8, 4) is 0 Å². The highest BCUT2D eigenvalue weighted by atomic mass is 35.5. The van der Waals surface area contributed by atoms with E-state index in [9.17, 15) is 14.0 Å². The third-order valence-electron chi connectivity index (χ3n) is 2.93. The lowest BCUT2D eigenvalue weighted by Gasteiger charge is -2.18. The monoisotopic (exact) mass is 301 g/mol. The van der Waals surface area contributed by atoms with Gasteiger partial charge < -0.3 is 4.90 Å². The normalized spacial score (nSPS) is 19.0. The van der Waals surface area contributed by atoms with Gasteiger partial charge in [0.1, 0.15) is 5.82 Å². The molecule has 2 rings (SSSR count). The number of carbonyl (C=O) groups is 2. The first kappa shape index (κ1) is 14.3. The molecule has 0 aromatic heterocycles. The van der Waals surface area contributed by atoms with Crippen LogP contribution < -0.4 is 4.90 Å². The van der Waals surface area contributed by atoms with E-state index >= 15 is 0 Å². The van der Waals surface area contributed by atoms with Gasteiger partial charge in [-0.2, -0.15) is 0 Å². The average molecular weight is 302 g/mol. The minimum atomic E-state index is -0.499.